The van der Waals surface area contributed by atoms with Crippen LogP contribution in [0.1, 0.15) is 62.5 Å². The fraction of sp³-hybridized carbons (Fsp3) is 0.800. The molecule has 4 heteroatoms. The maximum Gasteiger partial charge on any atom is 0.125 e. The van der Waals surface area contributed by atoms with E-state index in [4.69, 9.17) is 9.72 Å². The summed E-state index contributed by atoms with van der Waals surface area (Å²) in [4.78, 5) is 6.27. The number of hydrogen-bond acceptors (Lipinski definition) is 4. The van der Waals surface area contributed by atoms with Gasteiger partial charge in [0, 0.05) is 18.5 Å². The lowest BCUT2D eigenvalue weighted by molar-refractivity contribution is -0.0219. The number of rotatable bonds is 9. The Morgan fingerprint density at radius 1 is 1.21 bits per heavy atom. The number of thiazole rings is 1. The number of hydrogen-bond donors (Lipinski definition) is 1. The standard InChI is InChI=1S/C15H28N2OS/c1-6-10-12-13(11-16-9-4)19-14(17-12)15(7-2,8-3)18-5/h16H,6-11H2,1-5H3. The first kappa shape index (κ1) is 16.6. The van der Waals surface area contributed by atoms with Crippen LogP contribution >= 0.6 is 11.3 Å². The Balaban J connectivity index is 3.07. The lowest BCUT2D eigenvalue weighted by atomic mass is 9.98. The van der Waals surface area contributed by atoms with Gasteiger partial charge >= 0.3 is 0 Å². The molecule has 0 amide bonds. The third-order valence-corrected chi connectivity index (χ3v) is 5.01. The zero-order valence-electron chi connectivity index (χ0n) is 13.0. The van der Waals surface area contributed by atoms with Crippen molar-refractivity contribution in [1.29, 1.82) is 0 Å². The summed E-state index contributed by atoms with van der Waals surface area (Å²) in [7, 11) is 1.80. The van der Waals surface area contributed by atoms with Gasteiger partial charge in [0.05, 0.1) is 5.69 Å². The van der Waals surface area contributed by atoms with Crippen molar-refractivity contribution in [3.8, 4) is 0 Å². The van der Waals surface area contributed by atoms with Gasteiger partial charge in [-0.2, -0.15) is 0 Å². The van der Waals surface area contributed by atoms with Crippen LogP contribution in [0.3, 0.4) is 0 Å². The molecule has 0 unspecified atom stereocenters. The molecule has 3 nitrogen and oxygen atoms in total. The molecule has 0 aliphatic rings. The summed E-state index contributed by atoms with van der Waals surface area (Å²) in [5, 5.41) is 4.56. The molecule has 0 radical (unpaired) electrons. The molecule has 0 saturated heterocycles. The monoisotopic (exact) mass is 284 g/mol. The van der Waals surface area contributed by atoms with Crippen LogP contribution in [0.5, 0.6) is 0 Å². The molecule has 0 aliphatic carbocycles. The topological polar surface area (TPSA) is 34.1 Å². The molecule has 0 atom stereocenters. The molecule has 0 aromatic carbocycles. The number of nitrogens with zero attached hydrogens (tertiary/aromatic N) is 1. The molecule has 0 aliphatic heterocycles. The van der Waals surface area contributed by atoms with Crippen molar-refractivity contribution in [3.63, 3.8) is 0 Å². The van der Waals surface area contributed by atoms with E-state index in [1.54, 1.807) is 7.11 Å². The van der Waals surface area contributed by atoms with Gasteiger partial charge in [-0.1, -0.05) is 34.1 Å². The number of nitrogens with one attached hydrogen (secondary N) is 1. The smallest absolute Gasteiger partial charge is 0.125 e. The van der Waals surface area contributed by atoms with E-state index >= 15 is 0 Å². The van der Waals surface area contributed by atoms with E-state index in [0.717, 1.165) is 43.8 Å². The molecule has 0 spiro atoms. The Labute approximate surface area is 121 Å². The van der Waals surface area contributed by atoms with Crippen LogP contribution in [-0.4, -0.2) is 18.6 Å². The number of aromatic nitrogens is 1. The second kappa shape index (κ2) is 7.98. The number of aryl methyl sites for hydroxylation is 1. The maximum absolute atomic E-state index is 5.80. The fourth-order valence-corrected chi connectivity index (χ4v) is 3.70. The van der Waals surface area contributed by atoms with E-state index in [0.29, 0.717) is 0 Å². The maximum atomic E-state index is 5.80. The van der Waals surface area contributed by atoms with Gasteiger partial charge in [-0.05, 0) is 25.8 Å². The minimum atomic E-state index is -0.197. The van der Waals surface area contributed by atoms with Crippen molar-refractivity contribution in [2.45, 2.75) is 65.5 Å². The van der Waals surface area contributed by atoms with Crippen LogP contribution in [0.25, 0.3) is 0 Å². The first-order valence-electron chi connectivity index (χ1n) is 7.42. The number of methoxy groups -OCH3 is 1. The molecule has 0 bridgehead atoms. The third-order valence-electron chi connectivity index (χ3n) is 3.72. The first-order valence-corrected chi connectivity index (χ1v) is 8.23. The van der Waals surface area contributed by atoms with Crippen LogP contribution in [-0.2, 0) is 23.3 Å². The summed E-state index contributed by atoms with van der Waals surface area (Å²) in [5.74, 6) is 0. The minimum Gasteiger partial charge on any atom is -0.371 e. The van der Waals surface area contributed by atoms with Gasteiger partial charge < -0.3 is 10.1 Å². The second-order valence-electron chi connectivity index (χ2n) is 4.82. The van der Waals surface area contributed by atoms with Crippen LogP contribution in [0.4, 0.5) is 0 Å². The van der Waals surface area contributed by atoms with Crippen molar-refractivity contribution in [2.75, 3.05) is 13.7 Å². The lowest BCUT2D eigenvalue weighted by Crippen LogP contribution is -2.26. The Hall–Kier alpha value is -0.450. The average Bonchev–Trinajstić information content (AvgIpc) is 2.83. The third kappa shape index (κ3) is 3.77. The highest BCUT2D eigenvalue weighted by molar-refractivity contribution is 7.11. The molecule has 1 rings (SSSR count). The Kier molecular flexibility index (Phi) is 6.97. The highest BCUT2D eigenvalue weighted by atomic mass is 32.1. The summed E-state index contributed by atoms with van der Waals surface area (Å²) < 4.78 is 5.80. The van der Waals surface area contributed by atoms with Gasteiger partial charge in [-0.25, -0.2) is 4.98 Å². The predicted molar refractivity (Wildman–Crippen MR) is 82.8 cm³/mol. The first-order chi connectivity index (χ1) is 9.17. The van der Waals surface area contributed by atoms with Crippen LogP contribution in [0.2, 0.25) is 0 Å². The van der Waals surface area contributed by atoms with E-state index in [1.165, 1.54) is 10.6 Å². The highest BCUT2D eigenvalue weighted by Crippen LogP contribution is 2.36. The van der Waals surface area contributed by atoms with Gasteiger partial charge in [-0.3, -0.25) is 0 Å². The molecule has 0 saturated carbocycles. The van der Waals surface area contributed by atoms with Crippen LogP contribution in [0, 0.1) is 0 Å². The molecule has 1 aromatic heterocycles. The summed E-state index contributed by atoms with van der Waals surface area (Å²) in [5.41, 5.74) is 1.06. The number of ether oxygens (including phenoxy) is 1. The molecule has 110 valence electrons. The molecule has 1 aromatic rings. The summed E-state index contributed by atoms with van der Waals surface area (Å²) in [6.07, 6.45) is 4.14. The average molecular weight is 284 g/mol. The molecule has 19 heavy (non-hydrogen) atoms. The summed E-state index contributed by atoms with van der Waals surface area (Å²) >= 11 is 1.82. The molecular weight excluding hydrogens is 256 g/mol. The zero-order chi connectivity index (χ0) is 14.3. The quantitative estimate of drug-likeness (QED) is 0.747. The zero-order valence-corrected chi connectivity index (χ0v) is 13.8. The largest absolute Gasteiger partial charge is 0.371 e. The summed E-state index contributed by atoms with van der Waals surface area (Å²) in [6.45, 7) is 10.6. The SMILES string of the molecule is CCCc1nc(C(CC)(CC)OC)sc1CNCC. The highest BCUT2D eigenvalue weighted by Gasteiger charge is 2.32. The second-order valence-corrected chi connectivity index (χ2v) is 5.91. The molecule has 0 fully saturated rings. The van der Waals surface area contributed by atoms with Gasteiger partial charge in [0.1, 0.15) is 10.6 Å². The molecular formula is C15H28N2OS. The Bertz CT molecular complexity index is 364. The van der Waals surface area contributed by atoms with Gasteiger partial charge in [-0.15, -0.1) is 11.3 Å². The van der Waals surface area contributed by atoms with Crippen molar-refractivity contribution in [2.24, 2.45) is 0 Å². The van der Waals surface area contributed by atoms with Gasteiger partial charge in [0.2, 0.25) is 0 Å². The Morgan fingerprint density at radius 3 is 2.37 bits per heavy atom. The van der Waals surface area contributed by atoms with E-state index in [-0.39, 0.29) is 5.60 Å². The normalized spacial score (nSPS) is 12.1. The van der Waals surface area contributed by atoms with Crippen LogP contribution < -0.4 is 5.32 Å². The van der Waals surface area contributed by atoms with Gasteiger partial charge in [0.25, 0.3) is 0 Å². The lowest BCUT2D eigenvalue weighted by Gasteiger charge is -2.27. The van der Waals surface area contributed by atoms with Crippen molar-refractivity contribution in [1.82, 2.24) is 10.3 Å². The van der Waals surface area contributed by atoms with Crippen molar-refractivity contribution < 1.29 is 4.74 Å². The van der Waals surface area contributed by atoms with Crippen molar-refractivity contribution >= 4 is 11.3 Å². The molecule has 1 N–H and O–H groups in total. The van der Waals surface area contributed by atoms with E-state index in [1.807, 2.05) is 11.3 Å². The predicted octanol–water partition coefficient (Wildman–Crippen LogP) is 3.87. The summed E-state index contributed by atoms with van der Waals surface area (Å²) in [6, 6.07) is 0. The minimum absolute atomic E-state index is 0.197. The van der Waals surface area contributed by atoms with Crippen LogP contribution in [0.15, 0.2) is 0 Å². The van der Waals surface area contributed by atoms with Gasteiger partial charge in [0.15, 0.2) is 0 Å². The Morgan fingerprint density at radius 2 is 1.89 bits per heavy atom. The fourth-order valence-electron chi connectivity index (χ4n) is 2.32. The van der Waals surface area contributed by atoms with Crippen molar-refractivity contribution in [3.05, 3.63) is 15.6 Å². The molecule has 1 heterocycles. The van der Waals surface area contributed by atoms with E-state index in [9.17, 15) is 0 Å². The van der Waals surface area contributed by atoms with E-state index in [2.05, 4.69) is 33.0 Å². The van der Waals surface area contributed by atoms with E-state index < -0.39 is 0 Å².